The summed E-state index contributed by atoms with van der Waals surface area (Å²) in [4.78, 5) is 41.4. The number of unbranched alkanes of at least 4 members (excludes halogenated alkanes) is 1. The van der Waals surface area contributed by atoms with Crippen LogP contribution in [-0.2, 0) is 19.2 Å². The summed E-state index contributed by atoms with van der Waals surface area (Å²) in [5, 5.41) is 9.24. The second kappa shape index (κ2) is 11.6. The van der Waals surface area contributed by atoms with Gasteiger partial charge in [0.25, 0.3) is 5.09 Å². The molecule has 0 aromatic heterocycles. The summed E-state index contributed by atoms with van der Waals surface area (Å²) < 4.78 is 20.0. The number of halogens is 1. The number of thioether (sulfide) groups is 1. The van der Waals surface area contributed by atoms with Crippen molar-refractivity contribution in [3.8, 4) is 11.1 Å². The summed E-state index contributed by atoms with van der Waals surface area (Å²) in [6.07, 6.45) is 0.786. The molecule has 10 heteroatoms. The molecule has 176 valence electrons. The number of carbonyl (C=O) groups excluding carboxylic acids is 2. The molecular weight excluding hydrogens is 451 g/mol. The molecule has 1 heterocycles. The van der Waals surface area contributed by atoms with Crippen molar-refractivity contribution >= 4 is 23.6 Å². The second-order valence-electron chi connectivity index (χ2n) is 7.58. The van der Waals surface area contributed by atoms with Gasteiger partial charge in [0.05, 0.1) is 25.0 Å². The fraction of sp³-hybridized carbons (Fsp3) is 0.391. The molecule has 0 N–H and O–H groups in total. The first kappa shape index (κ1) is 24.5. The Balaban J connectivity index is 1.58. The van der Waals surface area contributed by atoms with E-state index < -0.39 is 28.8 Å². The molecule has 2 aromatic carbocycles. The fourth-order valence-corrected chi connectivity index (χ4v) is 4.66. The third kappa shape index (κ3) is 6.44. The molecule has 0 radical (unpaired) electrons. The standard InChI is InChI=1S/C23H25FN2O6S/c1-16(18-9-10-19(20(24)13-18)17-7-3-2-4-8-17)22(27)25-15-33-14-21(25)23(28)31-11-5-6-12-32-26(29)30/h2-4,7-10,13,16,21H,5-6,11-12,14-15H2,1H3. The van der Waals surface area contributed by atoms with Crippen LogP contribution in [0.1, 0.15) is 31.2 Å². The van der Waals surface area contributed by atoms with Crippen molar-refractivity contribution in [2.24, 2.45) is 0 Å². The van der Waals surface area contributed by atoms with Crippen LogP contribution in [0.3, 0.4) is 0 Å². The van der Waals surface area contributed by atoms with Crippen molar-refractivity contribution in [2.75, 3.05) is 24.8 Å². The SMILES string of the molecule is CC(C(=O)N1CSCC1C(=O)OCCCCO[N+](=O)[O-])c1ccc(-c2ccccc2)c(F)c1. The van der Waals surface area contributed by atoms with Crippen LogP contribution in [-0.4, -0.2) is 52.7 Å². The maximum absolute atomic E-state index is 14.8. The van der Waals surface area contributed by atoms with Gasteiger partial charge in [0, 0.05) is 11.3 Å². The molecule has 2 atom stereocenters. The Morgan fingerprint density at radius 2 is 1.94 bits per heavy atom. The summed E-state index contributed by atoms with van der Waals surface area (Å²) in [7, 11) is 0. The van der Waals surface area contributed by atoms with Gasteiger partial charge >= 0.3 is 5.97 Å². The smallest absolute Gasteiger partial charge is 0.329 e. The highest BCUT2D eigenvalue weighted by Gasteiger charge is 2.37. The molecule has 1 aliphatic rings. The number of benzene rings is 2. The summed E-state index contributed by atoms with van der Waals surface area (Å²) in [6.45, 7) is 1.72. The lowest BCUT2D eigenvalue weighted by atomic mass is 9.95. The van der Waals surface area contributed by atoms with E-state index in [4.69, 9.17) is 4.74 Å². The van der Waals surface area contributed by atoms with Gasteiger partial charge in [-0.25, -0.2) is 9.18 Å². The van der Waals surface area contributed by atoms with E-state index >= 15 is 0 Å². The fourth-order valence-electron chi connectivity index (χ4n) is 3.51. The Hall–Kier alpha value is -3.14. The quantitative estimate of drug-likeness (QED) is 0.221. The Kier molecular flexibility index (Phi) is 8.65. The van der Waals surface area contributed by atoms with Crippen molar-refractivity contribution in [3.05, 3.63) is 70.0 Å². The molecule has 1 amide bonds. The Bertz CT molecular complexity index is 990. The largest absolute Gasteiger partial charge is 0.464 e. The lowest BCUT2D eigenvalue weighted by molar-refractivity contribution is -0.757. The molecule has 33 heavy (non-hydrogen) atoms. The monoisotopic (exact) mass is 476 g/mol. The van der Waals surface area contributed by atoms with E-state index in [-0.39, 0.29) is 19.1 Å². The summed E-state index contributed by atoms with van der Waals surface area (Å²) in [6, 6.07) is 13.2. The Morgan fingerprint density at radius 1 is 1.21 bits per heavy atom. The van der Waals surface area contributed by atoms with E-state index in [1.165, 1.54) is 22.7 Å². The van der Waals surface area contributed by atoms with Crippen molar-refractivity contribution in [1.29, 1.82) is 0 Å². The van der Waals surface area contributed by atoms with Crippen LogP contribution in [0.15, 0.2) is 48.5 Å². The first-order valence-electron chi connectivity index (χ1n) is 10.6. The zero-order chi connectivity index (χ0) is 23.8. The average molecular weight is 477 g/mol. The molecule has 8 nitrogen and oxygen atoms in total. The van der Waals surface area contributed by atoms with Gasteiger partial charge in [0.2, 0.25) is 5.91 Å². The molecule has 1 aliphatic heterocycles. The maximum atomic E-state index is 14.8. The van der Waals surface area contributed by atoms with Crippen LogP contribution in [0.2, 0.25) is 0 Å². The number of hydrogen-bond acceptors (Lipinski definition) is 7. The van der Waals surface area contributed by atoms with Gasteiger partial charge in [-0.1, -0.05) is 42.5 Å². The normalized spacial score (nSPS) is 16.3. The van der Waals surface area contributed by atoms with Crippen LogP contribution >= 0.6 is 11.8 Å². The van der Waals surface area contributed by atoms with Crippen molar-refractivity contribution < 1.29 is 28.6 Å². The molecule has 1 fully saturated rings. The van der Waals surface area contributed by atoms with Gasteiger partial charge in [-0.3, -0.25) is 4.79 Å². The topological polar surface area (TPSA) is 99.0 Å². The van der Waals surface area contributed by atoms with Gasteiger partial charge in [-0.05, 0) is 37.0 Å². The summed E-state index contributed by atoms with van der Waals surface area (Å²) >= 11 is 1.45. The number of amides is 1. The highest BCUT2D eigenvalue weighted by Crippen LogP contribution is 2.30. The van der Waals surface area contributed by atoms with E-state index in [2.05, 4.69) is 4.84 Å². The van der Waals surface area contributed by atoms with Crippen LogP contribution < -0.4 is 0 Å². The third-order valence-electron chi connectivity index (χ3n) is 5.37. The molecule has 1 saturated heterocycles. The first-order chi connectivity index (χ1) is 15.9. The average Bonchev–Trinajstić information content (AvgIpc) is 3.30. The van der Waals surface area contributed by atoms with Crippen LogP contribution in [0.4, 0.5) is 4.39 Å². The molecule has 0 spiro atoms. The molecule has 0 saturated carbocycles. The highest BCUT2D eigenvalue weighted by molar-refractivity contribution is 7.99. The number of ether oxygens (including phenoxy) is 1. The van der Waals surface area contributed by atoms with E-state index in [0.29, 0.717) is 35.6 Å². The van der Waals surface area contributed by atoms with E-state index in [1.807, 2.05) is 30.3 Å². The minimum atomic E-state index is -0.868. The van der Waals surface area contributed by atoms with E-state index in [0.717, 1.165) is 5.56 Å². The van der Waals surface area contributed by atoms with Crippen molar-refractivity contribution in [1.82, 2.24) is 4.90 Å². The van der Waals surface area contributed by atoms with Crippen LogP contribution in [0, 0.1) is 15.9 Å². The number of esters is 1. The van der Waals surface area contributed by atoms with Crippen molar-refractivity contribution in [2.45, 2.75) is 31.7 Å². The van der Waals surface area contributed by atoms with Gasteiger partial charge in [0.1, 0.15) is 11.9 Å². The van der Waals surface area contributed by atoms with Gasteiger partial charge < -0.3 is 14.5 Å². The maximum Gasteiger partial charge on any atom is 0.329 e. The van der Waals surface area contributed by atoms with Gasteiger partial charge in [-0.2, -0.15) is 0 Å². The lowest BCUT2D eigenvalue weighted by Gasteiger charge is -2.25. The third-order valence-corrected chi connectivity index (χ3v) is 6.38. The molecular formula is C23H25FN2O6S. The lowest BCUT2D eigenvalue weighted by Crippen LogP contribution is -2.44. The molecule has 3 rings (SSSR count). The van der Waals surface area contributed by atoms with E-state index in [1.54, 1.807) is 19.1 Å². The predicted octanol–water partition coefficient (Wildman–Crippen LogP) is 4.03. The molecule has 2 unspecified atom stereocenters. The van der Waals surface area contributed by atoms with E-state index in [9.17, 15) is 24.1 Å². The zero-order valence-corrected chi connectivity index (χ0v) is 19.0. The number of nitrogens with zero attached hydrogens (tertiary/aromatic N) is 2. The summed E-state index contributed by atoms with van der Waals surface area (Å²) in [5.41, 5.74) is 1.75. The summed E-state index contributed by atoms with van der Waals surface area (Å²) in [5.74, 6) is -1.05. The Morgan fingerprint density at radius 3 is 2.64 bits per heavy atom. The Labute approximate surface area is 195 Å². The van der Waals surface area contributed by atoms with Crippen LogP contribution in [0.5, 0.6) is 0 Å². The molecule has 0 bridgehead atoms. The number of rotatable bonds is 10. The molecule has 2 aromatic rings. The minimum absolute atomic E-state index is 0.0639. The second-order valence-corrected chi connectivity index (χ2v) is 8.58. The first-order valence-corrected chi connectivity index (χ1v) is 11.7. The number of carbonyl (C=O) groups is 2. The predicted molar refractivity (Wildman–Crippen MR) is 121 cm³/mol. The highest BCUT2D eigenvalue weighted by atomic mass is 32.2. The number of hydrogen-bond donors (Lipinski definition) is 0. The van der Waals surface area contributed by atoms with Gasteiger partial charge in [-0.15, -0.1) is 21.9 Å². The van der Waals surface area contributed by atoms with Crippen molar-refractivity contribution in [3.63, 3.8) is 0 Å². The van der Waals surface area contributed by atoms with Crippen LogP contribution in [0.25, 0.3) is 11.1 Å². The molecule has 0 aliphatic carbocycles. The zero-order valence-electron chi connectivity index (χ0n) is 18.1. The van der Waals surface area contributed by atoms with Gasteiger partial charge in [0.15, 0.2) is 0 Å². The minimum Gasteiger partial charge on any atom is -0.464 e.